The fraction of sp³-hybridized carbons (Fsp3) is 0.463. The molecule has 1 unspecified atom stereocenters. The summed E-state index contributed by atoms with van der Waals surface area (Å²) in [5.74, 6) is 0.670. The standard InChI is InChI=1S/C21H30O.C20H30O/c1-6-20-11-7-10-19(4)21(20)15-14-18(3)13-12-17(2)9-8-16-22-5;1-17(9-8-16-21-5)11-12-18(2)13-14-19-10-6-7-15-20(19,3)4/h7-10,12-15,20H,6,11,16H2,1-5H3;8-14H,6-7,15-16H2,1-5H3. The summed E-state index contributed by atoms with van der Waals surface area (Å²) in [4.78, 5) is 0. The Morgan fingerprint density at radius 2 is 1.33 bits per heavy atom. The van der Waals surface area contributed by atoms with Gasteiger partial charge in [0.1, 0.15) is 0 Å². The van der Waals surface area contributed by atoms with E-state index in [0.29, 0.717) is 24.5 Å². The molecule has 0 saturated heterocycles. The van der Waals surface area contributed by atoms with E-state index in [1.165, 1.54) is 71.1 Å². The highest BCUT2D eigenvalue weighted by molar-refractivity contribution is 5.40. The van der Waals surface area contributed by atoms with E-state index in [1.54, 1.807) is 14.2 Å². The molecule has 0 spiro atoms. The largest absolute Gasteiger partial charge is 0.381 e. The summed E-state index contributed by atoms with van der Waals surface area (Å²) in [6, 6.07) is 0. The zero-order valence-electron chi connectivity index (χ0n) is 29.0. The molecule has 0 bridgehead atoms. The van der Waals surface area contributed by atoms with Crippen LogP contribution >= 0.6 is 0 Å². The lowest BCUT2D eigenvalue weighted by Crippen LogP contribution is -2.16. The Morgan fingerprint density at radius 3 is 1.81 bits per heavy atom. The van der Waals surface area contributed by atoms with Crippen molar-refractivity contribution in [3.05, 3.63) is 130 Å². The SMILES string of the molecule is CCC1CC=CC(C)=C1C=CC(C)=CC=C(C)C=CCOC.COCC=CC(C)=CC=C(C)C=CC1=CCCCC1(C)C. The third-order valence-electron chi connectivity index (χ3n) is 7.89. The highest BCUT2D eigenvalue weighted by atomic mass is 16.5. The molecule has 43 heavy (non-hydrogen) atoms. The van der Waals surface area contributed by atoms with Gasteiger partial charge < -0.3 is 9.47 Å². The van der Waals surface area contributed by atoms with Gasteiger partial charge in [-0.05, 0) is 94.8 Å². The molecule has 0 aliphatic heterocycles. The van der Waals surface area contributed by atoms with Crippen LogP contribution in [-0.4, -0.2) is 27.4 Å². The van der Waals surface area contributed by atoms with E-state index >= 15 is 0 Å². The van der Waals surface area contributed by atoms with Crippen molar-refractivity contribution >= 4 is 0 Å². The van der Waals surface area contributed by atoms with Crippen LogP contribution in [0.15, 0.2) is 130 Å². The minimum absolute atomic E-state index is 0.323. The maximum Gasteiger partial charge on any atom is 0.0646 e. The van der Waals surface area contributed by atoms with Crippen molar-refractivity contribution in [1.29, 1.82) is 0 Å². The fourth-order valence-electron chi connectivity index (χ4n) is 4.98. The van der Waals surface area contributed by atoms with E-state index in [4.69, 9.17) is 9.47 Å². The predicted octanol–water partition coefficient (Wildman–Crippen LogP) is 11.7. The first-order valence-corrected chi connectivity index (χ1v) is 16.0. The normalized spacial score (nSPS) is 20.5. The summed E-state index contributed by atoms with van der Waals surface area (Å²) in [6.07, 6.45) is 39.0. The molecule has 0 radical (unpaired) electrons. The van der Waals surface area contributed by atoms with Crippen LogP contribution in [0.2, 0.25) is 0 Å². The lowest BCUT2D eigenvalue weighted by Gasteiger charge is -2.30. The van der Waals surface area contributed by atoms with Gasteiger partial charge in [-0.25, -0.2) is 0 Å². The molecule has 236 valence electrons. The predicted molar refractivity (Wildman–Crippen MR) is 191 cm³/mol. The van der Waals surface area contributed by atoms with E-state index < -0.39 is 0 Å². The second-order valence-electron chi connectivity index (χ2n) is 12.3. The van der Waals surface area contributed by atoms with Crippen molar-refractivity contribution < 1.29 is 9.47 Å². The van der Waals surface area contributed by atoms with Crippen LogP contribution in [0.3, 0.4) is 0 Å². The average Bonchev–Trinajstić information content (AvgIpc) is 2.98. The van der Waals surface area contributed by atoms with E-state index in [2.05, 4.69) is 134 Å². The topological polar surface area (TPSA) is 18.5 Å². The molecule has 0 aromatic rings. The average molecular weight is 585 g/mol. The van der Waals surface area contributed by atoms with Crippen LogP contribution in [0.5, 0.6) is 0 Å². The van der Waals surface area contributed by atoms with Crippen LogP contribution in [0.25, 0.3) is 0 Å². The lowest BCUT2D eigenvalue weighted by molar-refractivity contribution is 0.234. The van der Waals surface area contributed by atoms with Gasteiger partial charge in [0.05, 0.1) is 13.2 Å². The molecule has 2 heteroatoms. The minimum atomic E-state index is 0.323. The third-order valence-corrected chi connectivity index (χ3v) is 7.89. The summed E-state index contributed by atoms with van der Waals surface area (Å²) >= 11 is 0. The fourth-order valence-corrected chi connectivity index (χ4v) is 4.98. The van der Waals surface area contributed by atoms with E-state index in [1.807, 2.05) is 12.2 Å². The number of methoxy groups -OCH3 is 2. The molecule has 0 saturated carbocycles. The van der Waals surface area contributed by atoms with Crippen LogP contribution < -0.4 is 0 Å². The summed E-state index contributed by atoms with van der Waals surface area (Å²) in [7, 11) is 3.42. The van der Waals surface area contributed by atoms with Crippen LogP contribution in [0.1, 0.15) is 87.5 Å². The lowest BCUT2D eigenvalue weighted by atomic mass is 9.75. The first-order valence-electron chi connectivity index (χ1n) is 16.0. The van der Waals surface area contributed by atoms with Crippen molar-refractivity contribution in [3.8, 4) is 0 Å². The Bertz CT molecular complexity index is 1180. The Labute approximate surface area is 265 Å². The number of hydrogen-bond acceptors (Lipinski definition) is 2. The molecule has 0 aromatic carbocycles. The second-order valence-corrected chi connectivity index (χ2v) is 12.3. The highest BCUT2D eigenvalue weighted by Crippen LogP contribution is 2.37. The van der Waals surface area contributed by atoms with Crippen molar-refractivity contribution in [2.75, 3.05) is 27.4 Å². The van der Waals surface area contributed by atoms with E-state index in [0.717, 1.165) is 0 Å². The van der Waals surface area contributed by atoms with Gasteiger partial charge in [0.15, 0.2) is 0 Å². The van der Waals surface area contributed by atoms with E-state index in [-0.39, 0.29) is 0 Å². The molecular formula is C41H60O2. The van der Waals surface area contributed by atoms with Gasteiger partial charge in [-0.1, -0.05) is 134 Å². The van der Waals surface area contributed by atoms with Crippen molar-refractivity contribution in [1.82, 2.24) is 0 Å². The van der Waals surface area contributed by atoms with E-state index in [9.17, 15) is 0 Å². The third kappa shape index (κ3) is 16.5. The maximum atomic E-state index is 5.00. The Morgan fingerprint density at radius 1 is 0.814 bits per heavy atom. The summed E-state index contributed by atoms with van der Waals surface area (Å²) in [6.45, 7) is 19.0. The van der Waals surface area contributed by atoms with Gasteiger partial charge >= 0.3 is 0 Å². The van der Waals surface area contributed by atoms with Crippen LogP contribution in [0.4, 0.5) is 0 Å². The molecule has 0 heterocycles. The number of allylic oxidation sites excluding steroid dienone is 20. The number of rotatable bonds is 13. The molecule has 0 fully saturated rings. The quantitative estimate of drug-likeness (QED) is 0.200. The number of hydrogen-bond donors (Lipinski definition) is 0. The molecular weight excluding hydrogens is 524 g/mol. The maximum absolute atomic E-state index is 5.00. The minimum Gasteiger partial charge on any atom is -0.381 e. The molecule has 0 N–H and O–H groups in total. The molecule has 2 aliphatic rings. The highest BCUT2D eigenvalue weighted by Gasteiger charge is 2.23. The zero-order valence-corrected chi connectivity index (χ0v) is 29.0. The second kappa shape index (κ2) is 21.7. The first kappa shape index (κ1) is 38.1. The van der Waals surface area contributed by atoms with Crippen molar-refractivity contribution in [2.45, 2.75) is 87.5 Å². The van der Waals surface area contributed by atoms with Crippen molar-refractivity contribution in [2.24, 2.45) is 11.3 Å². The van der Waals surface area contributed by atoms with Gasteiger partial charge in [0.25, 0.3) is 0 Å². The van der Waals surface area contributed by atoms with Gasteiger partial charge in [-0.15, -0.1) is 0 Å². The van der Waals surface area contributed by atoms with Crippen molar-refractivity contribution in [3.63, 3.8) is 0 Å². The van der Waals surface area contributed by atoms with Gasteiger partial charge in [0.2, 0.25) is 0 Å². The molecule has 2 aliphatic carbocycles. The Hall–Kier alpha value is -2.94. The number of ether oxygens (including phenoxy) is 2. The summed E-state index contributed by atoms with van der Waals surface area (Å²) < 4.78 is 10.00. The Balaban J connectivity index is 0.000000430. The molecule has 2 rings (SSSR count). The molecule has 0 aromatic heterocycles. The monoisotopic (exact) mass is 584 g/mol. The van der Waals surface area contributed by atoms with Gasteiger partial charge in [-0.3, -0.25) is 0 Å². The van der Waals surface area contributed by atoms with Gasteiger partial charge in [0, 0.05) is 14.2 Å². The molecule has 0 amide bonds. The summed E-state index contributed by atoms with van der Waals surface area (Å²) in [5.41, 5.74) is 9.69. The van der Waals surface area contributed by atoms with Crippen LogP contribution in [-0.2, 0) is 9.47 Å². The zero-order chi connectivity index (χ0) is 32.1. The van der Waals surface area contributed by atoms with Gasteiger partial charge in [-0.2, -0.15) is 0 Å². The first-order chi connectivity index (χ1) is 20.5. The summed E-state index contributed by atoms with van der Waals surface area (Å²) in [5, 5.41) is 0. The molecule has 1 atom stereocenters. The van der Waals surface area contributed by atoms with Crippen LogP contribution in [0, 0.1) is 11.3 Å². The molecule has 2 nitrogen and oxygen atoms in total. The smallest absolute Gasteiger partial charge is 0.0646 e. The Kier molecular flexibility index (Phi) is 19.2.